The van der Waals surface area contributed by atoms with Crippen molar-refractivity contribution < 1.29 is 9.53 Å². The molecule has 1 N–H and O–H groups in total. The quantitative estimate of drug-likeness (QED) is 0.868. The number of rotatable bonds is 5. The normalized spacial score (nSPS) is 19.7. The van der Waals surface area contributed by atoms with Gasteiger partial charge in [0.15, 0.2) is 5.82 Å². The number of carbonyl (C=O) groups excluding carboxylic acids is 1. The Hall–Kier alpha value is -2.42. The van der Waals surface area contributed by atoms with Gasteiger partial charge in [-0.05, 0) is 25.7 Å². The average Bonchev–Trinajstić information content (AvgIpc) is 3.37. The molecule has 2 amide bonds. The number of likely N-dealkylation sites (tertiary alicyclic amines) is 1. The van der Waals surface area contributed by atoms with Crippen LogP contribution in [0.3, 0.4) is 0 Å². The Labute approximate surface area is 158 Å². The zero-order valence-corrected chi connectivity index (χ0v) is 15.8. The van der Waals surface area contributed by atoms with Crippen LogP contribution in [0.4, 0.5) is 10.5 Å². The van der Waals surface area contributed by atoms with Crippen molar-refractivity contribution in [2.75, 3.05) is 25.6 Å². The molecule has 0 saturated carbocycles. The van der Waals surface area contributed by atoms with Crippen LogP contribution in [0.5, 0.6) is 0 Å². The standard InChI is InChI=1S/C18H27N7O2/c1-27-11-10-23-13-14(12-19-23)20-18(26)24-9-5-6-15(24)17-22-21-16-7-3-2-4-8-25(16)17/h12-13,15H,2-11H2,1H3,(H,20,26). The van der Waals surface area contributed by atoms with Gasteiger partial charge < -0.3 is 19.5 Å². The Morgan fingerprint density at radius 2 is 2.19 bits per heavy atom. The molecule has 0 aliphatic carbocycles. The van der Waals surface area contributed by atoms with Gasteiger partial charge in [0.2, 0.25) is 0 Å². The van der Waals surface area contributed by atoms with Gasteiger partial charge in [-0.2, -0.15) is 5.10 Å². The van der Waals surface area contributed by atoms with Gasteiger partial charge in [0, 0.05) is 32.8 Å². The van der Waals surface area contributed by atoms with Gasteiger partial charge in [-0.15, -0.1) is 10.2 Å². The zero-order valence-electron chi connectivity index (χ0n) is 15.8. The van der Waals surface area contributed by atoms with E-state index in [4.69, 9.17) is 4.74 Å². The van der Waals surface area contributed by atoms with E-state index in [1.54, 1.807) is 18.0 Å². The van der Waals surface area contributed by atoms with E-state index in [0.29, 0.717) is 18.8 Å². The van der Waals surface area contributed by atoms with Gasteiger partial charge >= 0.3 is 6.03 Å². The maximum Gasteiger partial charge on any atom is 0.322 e. The fraction of sp³-hybridized carbons (Fsp3) is 0.667. The van der Waals surface area contributed by atoms with Crippen LogP contribution in [0.1, 0.15) is 49.8 Å². The van der Waals surface area contributed by atoms with Crippen molar-refractivity contribution in [2.24, 2.45) is 0 Å². The van der Waals surface area contributed by atoms with E-state index >= 15 is 0 Å². The molecular formula is C18H27N7O2. The lowest BCUT2D eigenvalue weighted by molar-refractivity contribution is 0.183. The Morgan fingerprint density at radius 3 is 3.07 bits per heavy atom. The SMILES string of the molecule is COCCn1cc(NC(=O)N2CCCC2c2nnc3n2CCCCC3)cn1. The van der Waals surface area contributed by atoms with Gasteiger partial charge in [-0.25, -0.2) is 4.79 Å². The predicted molar refractivity (Wildman–Crippen MR) is 99.4 cm³/mol. The number of fused-ring (bicyclic) bond motifs is 1. The number of urea groups is 1. The maximum absolute atomic E-state index is 12.9. The van der Waals surface area contributed by atoms with Crippen molar-refractivity contribution in [1.29, 1.82) is 0 Å². The third-order valence-electron chi connectivity index (χ3n) is 5.36. The number of carbonyl (C=O) groups is 1. The molecule has 1 unspecified atom stereocenters. The molecule has 1 saturated heterocycles. The number of hydrogen-bond donors (Lipinski definition) is 1. The summed E-state index contributed by atoms with van der Waals surface area (Å²) in [7, 11) is 1.66. The molecule has 2 aliphatic rings. The van der Waals surface area contributed by atoms with Crippen LogP contribution >= 0.6 is 0 Å². The molecule has 0 spiro atoms. The molecule has 0 bridgehead atoms. The van der Waals surface area contributed by atoms with Crippen LogP contribution in [-0.2, 0) is 24.2 Å². The smallest absolute Gasteiger partial charge is 0.322 e. The fourth-order valence-corrected chi connectivity index (χ4v) is 3.96. The molecule has 1 fully saturated rings. The number of ether oxygens (including phenoxy) is 1. The molecule has 2 aromatic rings. The molecule has 9 heteroatoms. The Balaban J connectivity index is 1.46. The summed E-state index contributed by atoms with van der Waals surface area (Å²) in [4.78, 5) is 14.8. The highest BCUT2D eigenvalue weighted by molar-refractivity contribution is 5.89. The molecule has 0 radical (unpaired) electrons. The van der Waals surface area contributed by atoms with Crippen LogP contribution in [0, 0.1) is 0 Å². The largest absolute Gasteiger partial charge is 0.383 e. The second-order valence-corrected chi connectivity index (χ2v) is 7.20. The van der Waals surface area contributed by atoms with Crippen LogP contribution in [0.25, 0.3) is 0 Å². The summed E-state index contributed by atoms with van der Waals surface area (Å²) in [5, 5.41) is 16.1. The lowest BCUT2D eigenvalue weighted by Gasteiger charge is -2.24. The van der Waals surface area contributed by atoms with Crippen LogP contribution < -0.4 is 5.32 Å². The number of nitrogens with one attached hydrogen (secondary N) is 1. The Morgan fingerprint density at radius 1 is 1.26 bits per heavy atom. The molecule has 2 aliphatic heterocycles. The first-order valence-electron chi connectivity index (χ1n) is 9.77. The van der Waals surface area contributed by atoms with E-state index in [2.05, 4.69) is 25.2 Å². The second-order valence-electron chi connectivity index (χ2n) is 7.20. The van der Waals surface area contributed by atoms with E-state index in [-0.39, 0.29) is 12.1 Å². The number of aromatic nitrogens is 5. The number of amides is 2. The molecule has 4 rings (SSSR count). The Kier molecular flexibility index (Phi) is 5.38. The monoisotopic (exact) mass is 373 g/mol. The molecule has 27 heavy (non-hydrogen) atoms. The number of aryl methyl sites for hydroxylation is 1. The highest BCUT2D eigenvalue weighted by Gasteiger charge is 2.34. The number of hydrogen-bond acceptors (Lipinski definition) is 5. The highest BCUT2D eigenvalue weighted by atomic mass is 16.5. The fourth-order valence-electron chi connectivity index (χ4n) is 3.96. The summed E-state index contributed by atoms with van der Waals surface area (Å²) in [6, 6.07) is -0.109. The van der Waals surface area contributed by atoms with Crippen molar-refractivity contribution in [1.82, 2.24) is 29.4 Å². The summed E-state index contributed by atoms with van der Waals surface area (Å²) >= 11 is 0. The van der Waals surface area contributed by atoms with Crippen molar-refractivity contribution >= 4 is 11.7 Å². The predicted octanol–water partition coefficient (Wildman–Crippen LogP) is 2.22. The number of nitrogens with zero attached hydrogens (tertiary/aromatic N) is 6. The maximum atomic E-state index is 12.9. The topological polar surface area (TPSA) is 90.1 Å². The highest BCUT2D eigenvalue weighted by Crippen LogP contribution is 2.32. The Bertz CT molecular complexity index is 785. The van der Waals surface area contributed by atoms with Gasteiger partial charge in [0.1, 0.15) is 5.82 Å². The van der Waals surface area contributed by atoms with Crippen molar-refractivity contribution in [2.45, 2.75) is 57.7 Å². The minimum Gasteiger partial charge on any atom is -0.383 e. The first-order valence-corrected chi connectivity index (χ1v) is 9.77. The van der Waals surface area contributed by atoms with E-state index in [1.807, 2.05) is 11.1 Å². The van der Waals surface area contributed by atoms with Crippen LogP contribution in [0.15, 0.2) is 12.4 Å². The molecule has 146 valence electrons. The van der Waals surface area contributed by atoms with E-state index in [0.717, 1.165) is 50.4 Å². The number of anilines is 1. The zero-order chi connectivity index (χ0) is 18.6. The van der Waals surface area contributed by atoms with Crippen molar-refractivity contribution in [3.05, 3.63) is 24.0 Å². The van der Waals surface area contributed by atoms with Crippen LogP contribution in [0.2, 0.25) is 0 Å². The first kappa shape index (κ1) is 18.0. The van der Waals surface area contributed by atoms with E-state index in [9.17, 15) is 4.79 Å². The molecule has 2 aromatic heterocycles. The van der Waals surface area contributed by atoms with E-state index in [1.165, 1.54) is 12.8 Å². The van der Waals surface area contributed by atoms with Gasteiger partial charge in [-0.3, -0.25) is 4.68 Å². The minimum atomic E-state index is -0.102. The molecule has 9 nitrogen and oxygen atoms in total. The lowest BCUT2D eigenvalue weighted by atomic mass is 10.2. The molecule has 4 heterocycles. The third-order valence-corrected chi connectivity index (χ3v) is 5.36. The summed E-state index contributed by atoms with van der Waals surface area (Å²) in [5.74, 6) is 2.00. The second kappa shape index (κ2) is 8.08. The summed E-state index contributed by atoms with van der Waals surface area (Å²) in [6.07, 6.45) is 9.92. The first-order chi connectivity index (χ1) is 13.3. The lowest BCUT2D eigenvalue weighted by Crippen LogP contribution is -2.35. The third kappa shape index (κ3) is 3.83. The minimum absolute atomic E-state index is 0.00659. The molecule has 1 atom stereocenters. The van der Waals surface area contributed by atoms with Crippen LogP contribution in [-0.4, -0.2) is 55.7 Å². The summed E-state index contributed by atoms with van der Waals surface area (Å²) in [6.45, 7) is 2.93. The van der Waals surface area contributed by atoms with E-state index < -0.39 is 0 Å². The average molecular weight is 373 g/mol. The molecular weight excluding hydrogens is 346 g/mol. The molecule has 0 aromatic carbocycles. The summed E-state index contributed by atoms with van der Waals surface area (Å²) in [5.41, 5.74) is 0.696. The van der Waals surface area contributed by atoms with Gasteiger partial charge in [0.25, 0.3) is 0 Å². The number of methoxy groups -OCH3 is 1. The van der Waals surface area contributed by atoms with Crippen molar-refractivity contribution in [3.63, 3.8) is 0 Å². The van der Waals surface area contributed by atoms with Gasteiger partial charge in [-0.1, -0.05) is 6.42 Å². The van der Waals surface area contributed by atoms with Crippen molar-refractivity contribution in [3.8, 4) is 0 Å². The van der Waals surface area contributed by atoms with Gasteiger partial charge in [0.05, 0.1) is 31.1 Å². The summed E-state index contributed by atoms with van der Waals surface area (Å²) < 4.78 is 9.06.